The topological polar surface area (TPSA) is 65.4 Å². The fourth-order valence-corrected chi connectivity index (χ4v) is 3.14. The lowest BCUT2D eigenvalue weighted by atomic mass is 10.2. The summed E-state index contributed by atoms with van der Waals surface area (Å²) in [7, 11) is 0. The van der Waals surface area contributed by atoms with Gasteiger partial charge < -0.3 is 14.8 Å². The van der Waals surface area contributed by atoms with Crippen molar-refractivity contribution in [3.8, 4) is 11.5 Å². The molecule has 6 nitrogen and oxygen atoms in total. The van der Waals surface area contributed by atoms with E-state index in [1.54, 1.807) is 29.1 Å². The van der Waals surface area contributed by atoms with Crippen molar-refractivity contribution in [3.05, 3.63) is 69.3 Å². The molecule has 0 unspecified atom stereocenters. The molecule has 3 aromatic rings. The number of carbonyl (C=O) groups is 1. The van der Waals surface area contributed by atoms with Gasteiger partial charge in [-0.15, -0.1) is 0 Å². The fourth-order valence-electron chi connectivity index (χ4n) is 2.61. The monoisotopic (exact) mass is 433 g/mol. The van der Waals surface area contributed by atoms with Crippen LogP contribution in [-0.2, 0) is 6.54 Å². The van der Waals surface area contributed by atoms with Gasteiger partial charge in [0, 0.05) is 16.1 Å². The SMILES string of the molecule is O=C(Nc1ccnn1Cc1ccc(Br)cc1)c1cc(Cl)c2c(c1)OCO2. The van der Waals surface area contributed by atoms with Crippen LogP contribution in [0.3, 0.4) is 0 Å². The summed E-state index contributed by atoms with van der Waals surface area (Å²) in [5.74, 6) is 1.21. The van der Waals surface area contributed by atoms with Crippen LogP contribution < -0.4 is 14.8 Å². The maximum Gasteiger partial charge on any atom is 0.257 e. The van der Waals surface area contributed by atoms with Gasteiger partial charge in [-0.2, -0.15) is 5.10 Å². The Morgan fingerprint density at radius 3 is 2.85 bits per heavy atom. The Balaban J connectivity index is 1.53. The molecule has 132 valence electrons. The molecule has 2 aromatic carbocycles. The van der Waals surface area contributed by atoms with E-state index in [-0.39, 0.29) is 12.7 Å². The summed E-state index contributed by atoms with van der Waals surface area (Å²) in [5, 5.41) is 7.47. The van der Waals surface area contributed by atoms with E-state index in [1.165, 1.54) is 0 Å². The molecule has 1 aliphatic rings. The first-order valence-corrected chi connectivity index (χ1v) is 8.94. The number of benzene rings is 2. The molecule has 0 fully saturated rings. The van der Waals surface area contributed by atoms with Gasteiger partial charge in [-0.3, -0.25) is 4.79 Å². The average Bonchev–Trinajstić information content (AvgIpc) is 3.26. The van der Waals surface area contributed by atoms with Crippen molar-refractivity contribution >= 4 is 39.3 Å². The van der Waals surface area contributed by atoms with E-state index in [2.05, 4.69) is 26.3 Å². The van der Waals surface area contributed by atoms with Crippen molar-refractivity contribution in [1.82, 2.24) is 9.78 Å². The van der Waals surface area contributed by atoms with Crippen molar-refractivity contribution in [2.24, 2.45) is 0 Å². The number of rotatable bonds is 4. The number of carbonyl (C=O) groups excluding carboxylic acids is 1. The molecule has 2 heterocycles. The zero-order valence-electron chi connectivity index (χ0n) is 13.4. The minimum absolute atomic E-state index is 0.0973. The predicted octanol–water partition coefficient (Wildman–Crippen LogP) is 4.33. The second kappa shape index (κ2) is 7.01. The van der Waals surface area contributed by atoms with E-state index in [9.17, 15) is 4.79 Å². The zero-order valence-corrected chi connectivity index (χ0v) is 15.8. The van der Waals surface area contributed by atoms with Gasteiger partial charge in [-0.05, 0) is 29.8 Å². The highest BCUT2D eigenvalue weighted by Gasteiger charge is 2.21. The van der Waals surface area contributed by atoms with Gasteiger partial charge in [0.25, 0.3) is 5.91 Å². The van der Waals surface area contributed by atoms with Crippen LogP contribution in [-0.4, -0.2) is 22.5 Å². The molecule has 0 bridgehead atoms. The molecular weight excluding hydrogens is 422 g/mol. The van der Waals surface area contributed by atoms with E-state index in [1.807, 2.05) is 24.3 Å². The van der Waals surface area contributed by atoms with Gasteiger partial charge >= 0.3 is 0 Å². The molecule has 0 radical (unpaired) electrons. The van der Waals surface area contributed by atoms with Crippen LogP contribution in [0.1, 0.15) is 15.9 Å². The van der Waals surface area contributed by atoms with E-state index in [4.69, 9.17) is 21.1 Å². The van der Waals surface area contributed by atoms with Crippen molar-refractivity contribution in [2.45, 2.75) is 6.54 Å². The van der Waals surface area contributed by atoms with E-state index in [0.29, 0.717) is 34.4 Å². The number of nitrogens with zero attached hydrogens (tertiary/aromatic N) is 2. The third kappa shape index (κ3) is 3.40. The lowest BCUT2D eigenvalue weighted by molar-refractivity contribution is 0.102. The number of fused-ring (bicyclic) bond motifs is 1. The Kier molecular flexibility index (Phi) is 4.57. The molecule has 0 atom stereocenters. The molecule has 4 rings (SSSR count). The molecular formula is C18H13BrClN3O3. The predicted molar refractivity (Wildman–Crippen MR) is 101 cm³/mol. The summed E-state index contributed by atoms with van der Waals surface area (Å²) in [5.41, 5.74) is 1.45. The first-order valence-electron chi connectivity index (χ1n) is 7.77. The summed E-state index contributed by atoms with van der Waals surface area (Å²) in [6.07, 6.45) is 1.64. The Morgan fingerprint density at radius 1 is 1.23 bits per heavy atom. The third-order valence-electron chi connectivity index (χ3n) is 3.89. The largest absolute Gasteiger partial charge is 0.454 e. The van der Waals surface area contributed by atoms with Crippen molar-refractivity contribution in [1.29, 1.82) is 0 Å². The standard InChI is InChI=1S/C18H13BrClN3O3/c19-13-3-1-11(2-4-13)9-23-16(5-6-21-23)22-18(24)12-7-14(20)17-15(8-12)25-10-26-17/h1-8H,9-10H2,(H,22,24). The second-order valence-corrected chi connectivity index (χ2v) is 6.97. The summed E-state index contributed by atoms with van der Waals surface area (Å²) in [6.45, 7) is 0.637. The highest BCUT2D eigenvalue weighted by Crippen LogP contribution is 2.39. The third-order valence-corrected chi connectivity index (χ3v) is 4.70. The fraction of sp³-hybridized carbons (Fsp3) is 0.111. The minimum atomic E-state index is -0.303. The number of anilines is 1. The van der Waals surface area contributed by atoms with Crippen molar-refractivity contribution in [3.63, 3.8) is 0 Å². The minimum Gasteiger partial charge on any atom is -0.454 e. The smallest absolute Gasteiger partial charge is 0.257 e. The number of hydrogen-bond donors (Lipinski definition) is 1. The first kappa shape index (κ1) is 16.9. The van der Waals surface area contributed by atoms with Crippen molar-refractivity contribution < 1.29 is 14.3 Å². The summed E-state index contributed by atoms with van der Waals surface area (Å²) >= 11 is 9.56. The van der Waals surface area contributed by atoms with Gasteiger partial charge in [0.05, 0.1) is 17.8 Å². The summed E-state index contributed by atoms with van der Waals surface area (Å²) < 4.78 is 13.3. The number of amides is 1. The second-order valence-electron chi connectivity index (χ2n) is 5.65. The quantitative estimate of drug-likeness (QED) is 0.664. The normalized spacial score (nSPS) is 12.2. The maximum absolute atomic E-state index is 12.6. The van der Waals surface area contributed by atoms with Crippen molar-refractivity contribution in [2.75, 3.05) is 12.1 Å². The van der Waals surface area contributed by atoms with Gasteiger partial charge in [0.15, 0.2) is 11.5 Å². The number of aromatic nitrogens is 2. The van der Waals surface area contributed by atoms with Gasteiger partial charge in [0.2, 0.25) is 6.79 Å². The average molecular weight is 435 g/mol. The number of ether oxygens (including phenoxy) is 2. The highest BCUT2D eigenvalue weighted by atomic mass is 79.9. The molecule has 1 aromatic heterocycles. The summed E-state index contributed by atoms with van der Waals surface area (Å²) in [4.78, 5) is 12.6. The Labute approximate surface area is 162 Å². The number of nitrogens with one attached hydrogen (secondary N) is 1. The Hall–Kier alpha value is -2.51. The van der Waals surface area contributed by atoms with E-state index >= 15 is 0 Å². The number of halogens is 2. The highest BCUT2D eigenvalue weighted by molar-refractivity contribution is 9.10. The summed E-state index contributed by atoms with van der Waals surface area (Å²) in [6, 6.07) is 12.8. The van der Waals surface area contributed by atoms with Crippen LogP contribution in [0.5, 0.6) is 11.5 Å². The molecule has 0 spiro atoms. The van der Waals surface area contributed by atoms with Crippen LogP contribution in [0.4, 0.5) is 5.82 Å². The molecule has 0 saturated heterocycles. The maximum atomic E-state index is 12.6. The van der Waals surface area contributed by atoms with Gasteiger partial charge in [-0.1, -0.05) is 39.7 Å². The van der Waals surface area contributed by atoms with Crippen LogP contribution in [0.15, 0.2) is 53.1 Å². The van der Waals surface area contributed by atoms with Crippen LogP contribution in [0.25, 0.3) is 0 Å². The van der Waals surface area contributed by atoms with E-state index in [0.717, 1.165) is 10.0 Å². The Morgan fingerprint density at radius 2 is 2.04 bits per heavy atom. The number of hydrogen-bond acceptors (Lipinski definition) is 4. The molecule has 0 aliphatic carbocycles. The van der Waals surface area contributed by atoms with Crippen LogP contribution in [0, 0.1) is 0 Å². The van der Waals surface area contributed by atoms with Gasteiger partial charge in [0.1, 0.15) is 5.82 Å². The van der Waals surface area contributed by atoms with E-state index < -0.39 is 0 Å². The molecule has 1 N–H and O–H groups in total. The first-order chi connectivity index (χ1) is 12.6. The molecule has 8 heteroatoms. The molecule has 0 saturated carbocycles. The lowest BCUT2D eigenvalue weighted by Gasteiger charge is -2.10. The van der Waals surface area contributed by atoms with Crippen LogP contribution in [0.2, 0.25) is 5.02 Å². The van der Waals surface area contributed by atoms with Gasteiger partial charge in [-0.25, -0.2) is 4.68 Å². The van der Waals surface area contributed by atoms with Crippen LogP contribution >= 0.6 is 27.5 Å². The zero-order chi connectivity index (χ0) is 18.1. The lowest BCUT2D eigenvalue weighted by Crippen LogP contribution is -2.16. The Bertz CT molecular complexity index is 972. The molecule has 1 aliphatic heterocycles. The molecule has 26 heavy (non-hydrogen) atoms. The molecule has 1 amide bonds.